The standard InChI is InChI=1S/C23H16F2N6O2S/c1-30-16-10-15(19-12(21(30)32)3-2-4-17(19)33-22(24)25)31-14-9-11(5-7-13(14)27-20(16)31)6-8-18-28-29-23(26)34-18/h2-5,7,9,15-16,22H,10H2,1H3,(H2,26,29). The first kappa shape index (κ1) is 20.6. The number of benzene rings is 2. The summed E-state index contributed by atoms with van der Waals surface area (Å²) in [6.45, 7) is -3.00. The maximum absolute atomic E-state index is 13.2. The lowest BCUT2D eigenvalue weighted by atomic mass is 9.97. The molecule has 2 aromatic carbocycles. The van der Waals surface area contributed by atoms with Gasteiger partial charge in [0.2, 0.25) is 5.13 Å². The van der Waals surface area contributed by atoms with Gasteiger partial charge in [0.15, 0.2) is 5.01 Å². The third-order valence-electron chi connectivity index (χ3n) is 6.16. The fourth-order valence-electron chi connectivity index (χ4n) is 4.77. The van der Waals surface area contributed by atoms with Crippen molar-refractivity contribution in [3.8, 4) is 17.6 Å². The van der Waals surface area contributed by atoms with Crippen LogP contribution in [0.25, 0.3) is 11.0 Å². The Balaban J connectivity index is 1.53. The number of carbonyl (C=O) groups is 1. The lowest BCUT2D eigenvalue weighted by molar-refractivity contribution is -0.0507. The first-order valence-corrected chi connectivity index (χ1v) is 11.2. The van der Waals surface area contributed by atoms with Gasteiger partial charge in [0, 0.05) is 30.2 Å². The zero-order valence-electron chi connectivity index (χ0n) is 17.7. The maximum atomic E-state index is 13.2. The van der Waals surface area contributed by atoms with Crippen molar-refractivity contribution in [2.75, 3.05) is 12.8 Å². The zero-order valence-corrected chi connectivity index (χ0v) is 18.5. The fourth-order valence-corrected chi connectivity index (χ4v) is 5.23. The van der Waals surface area contributed by atoms with E-state index in [1.807, 2.05) is 22.8 Å². The molecule has 2 atom stereocenters. The quantitative estimate of drug-likeness (QED) is 0.442. The number of nitrogen functional groups attached to an aromatic ring is 1. The van der Waals surface area contributed by atoms with E-state index in [1.165, 1.54) is 17.4 Å². The predicted octanol–water partition coefficient (Wildman–Crippen LogP) is 3.59. The normalized spacial score (nSPS) is 18.5. The molecule has 0 spiro atoms. The van der Waals surface area contributed by atoms with Crippen molar-refractivity contribution < 1.29 is 18.3 Å². The highest BCUT2D eigenvalue weighted by Crippen LogP contribution is 2.49. The van der Waals surface area contributed by atoms with Crippen LogP contribution in [0.4, 0.5) is 13.9 Å². The number of halogens is 2. The van der Waals surface area contributed by atoms with Gasteiger partial charge in [-0.1, -0.05) is 23.3 Å². The molecular formula is C23H16F2N6O2S. The molecule has 0 aliphatic carbocycles. The highest BCUT2D eigenvalue weighted by Gasteiger charge is 2.44. The minimum absolute atomic E-state index is 0.000551. The Kier molecular flexibility index (Phi) is 4.53. The van der Waals surface area contributed by atoms with E-state index in [-0.39, 0.29) is 17.7 Å². The predicted molar refractivity (Wildman–Crippen MR) is 121 cm³/mol. The number of anilines is 1. The summed E-state index contributed by atoms with van der Waals surface area (Å²) < 4.78 is 33.3. The number of hydrogen-bond donors (Lipinski definition) is 1. The Labute approximate surface area is 196 Å². The maximum Gasteiger partial charge on any atom is 0.387 e. The largest absolute Gasteiger partial charge is 0.434 e. The number of amides is 1. The molecule has 0 saturated carbocycles. The molecule has 1 amide bonds. The topological polar surface area (TPSA) is 99.2 Å². The molecule has 2 N–H and O–H groups in total. The number of nitrogens with zero attached hydrogens (tertiary/aromatic N) is 5. The molecule has 0 fully saturated rings. The van der Waals surface area contributed by atoms with Gasteiger partial charge >= 0.3 is 6.61 Å². The SMILES string of the molecule is CN1C(=O)c2cccc(OC(F)F)c2C2CC1c1nc3ccc(C#Cc4nnc(N)s4)cc3n12. The lowest BCUT2D eigenvalue weighted by Gasteiger charge is -2.24. The van der Waals surface area contributed by atoms with Gasteiger partial charge in [0.05, 0.1) is 23.1 Å². The van der Waals surface area contributed by atoms with Crippen LogP contribution in [-0.2, 0) is 0 Å². The summed E-state index contributed by atoms with van der Waals surface area (Å²) >= 11 is 1.20. The van der Waals surface area contributed by atoms with E-state index in [1.54, 1.807) is 24.1 Å². The number of aromatic nitrogens is 4. The van der Waals surface area contributed by atoms with Crippen molar-refractivity contribution in [3.63, 3.8) is 0 Å². The second-order valence-corrected chi connectivity index (χ2v) is 9.03. The average Bonchev–Trinajstić information content (AvgIpc) is 3.48. The molecule has 170 valence electrons. The fraction of sp³-hybridized carbons (Fsp3) is 0.217. The van der Waals surface area contributed by atoms with Gasteiger partial charge in [0.1, 0.15) is 11.6 Å². The first-order valence-electron chi connectivity index (χ1n) is 10.4. The number of carbonyl (C=O) groups excluding carboxylic acids is 1. The van der Waals surface area contributed by atoms with Gasteiger partial charge in [-0.15, -0.1) is 10.2 Å². The molecule has 0 radical (unpaired) electrons. The number of hydrogen-bond acceptors (Lipinski definition) is 7. The zero-order chi connectivity index (χ0) is 23.6. The van der Waals surface area contributed by atoms with Gasteiger partial charge in [-0.3, -0.25) is 4.79 Å². The number of nitrogens with two attached hydrogens (primary N) is 1. The molecule has 2 unspecified atom stereocenters. The Bertz CT molecular complexity index is 1540. The summed E-state index contributed by atoms with van der Waals surface area (Å²) in [5.41, 5.74) is 8.67. The van der Waals surface area contributed by atoms with E-state index in [9.17, 15) is 13.6 Å². The molecule has 6 rings (SSSR count). The molecule has 4 aromatic rings. The number of rotatable bonds is 2. The van der Waals surface area contributed by atoms with Crippen LogP contribution in [0.15, 0.2) is 36.4 Å². The van der Waals surface area contributed by atoms with E-state index < -0.39 is 12.7 Å². The van der Waals surface area contributed by atoms with Gasteiger partial charge in [0.25, 0.3) is 5.91 Å². The lowest BCUT2D eigenvalue weighted by Crippen LogP contribution is -2.30. The second-order valence-electron chi connectivity index (χ2n) is 8.02. The van der Waals surface area contributed by atoms with Crippen LogP contribution in [0.5, 0.6) is 5.75 Å². The third kappa shape index (κ3) is 3.10. The van der Waals surface area contributed by atoms with Crippen molar-refractivity contribution >= 4 is 33.4 Å². The smallest absolute Gasteiger partial charge is 0.387 e. The van der Waals surface area contributed by atoms with E-state index in [2.05, 4.69) is 22.0 Å². The average molecular weight is 478 g/mol. The summed E-state index contributed by atoms with van der Waals surface area (Å²) in [5.74, 6) is 6.47. The summed E-state index contributed by atoms with van der Waals surface area (Å²) in [6, 6.07) is 9.60. The summed E-state index contributed by atoms with van der Waals surface area (Å²) in [6.07, 6.45) is 0.511. The summed E-state index contributed by atoms with van der Waals surface area (Å²) in [7, 11) is 1.71. The molecule has 4 heterocycles. The van der Waals surface area contributed by atoms with Crippen LogP contribution in [0.1, 0.15) is 50.8 Å². The van der Waals surface area contributed by atoms with Crippen molar-refractivity contribution in [2.24, 2.45) is 0 Å². The highest BCUT2D eigenvalue weighted by molar-refractivity contribution is 7.15. The molecular weight excluding hydrogens is 462 g/mol. The van der Waals surface area contributed by atoms with Crippen LogP contribution in [0.2, 0.25) is 0 Å². The number of alkyl halides is 2. The van der Waals surface area contributed by atoms with E-state index >= 15 is 0 Å². The molecule has 2 aliphatic heterocycles. The van der Waals surface area contributed by atoms with Gasteiger partial charge in [-0.25, -0.2) is 4.98 Å². The Morgan fingerprint density at radius 3 is 2.82 bits per heavy atom. The first-order chi connectivity index (χ1) is 16.4. The highest BCUT2D eigenvalue weighted by atomic mass is 32.1. The van der Waals surface area contributed by atoms with Crippen molar-refractivity contribution in [1.29, 1.82) is 0 Å². The third-order valence-corrected chi connectivity index (χ3v) is 6.83. The van der Waals surface area contributed by atoms with Crippen molar-refractivity contribution in [2.45, 2.75) is 25.1 Å². The molecule has 0 saturated heterocycles. The Morgan fingerprint density at radius 2 is 2.06 bits per heavy atom. The van der Waals surface area contributed by atoms with Crippen LogP contribution in [0, 0.1) is 11.8 Å². The number of imidazole rings is 1. The van der Waals surface area contributed by atoms with Crippen LogP contribution in [0.3, 0.4) is 0 Å². The van der Waals surface area contributed by atoms with Gasteiger partial charge in [-0.2, -0.15) is 8.78 Å². The Morgan fingerprint density at radius 1 is 1.21 bits per heavy atom. The van der Waals surface area contributed by atoms with Gasteiger partial charge < -0.3 is 19.9 Å². The van der Waals surface area contributed by atoms with Crippen molar-refractivity contribution in [1.82, 2.24) is 24.6 Å². The van der Waals surface area contributed by atoms with Gasteiger partial charge in [-0.05, 0) is 36.3 Å². The molecule has 34 heavy (non-hydrogen) atoms. The minimum atomic E-state index is -3.00. The summed E-state index contributed by atoms with van der Waals surface area (Å²) in [5, 5.41) is 8.52. The molecule has 2 aromatic heterocycles. The molecule has 8 nitrogen and oxygen atoms in total. The van der Waals surface area contributed by atoms with Crippen molar-refractivity contribution in [3.05, 3.63) is 63.9 Å². The Hall–Kier alpha value is -4.04. The van der Waals surface area contributed by atoms with Crippen LogP contribution < -0.4 is 10.5 Å². The van der Waals surface area contributed by atoms with E-state index in [4.69, 9.17) is 15.5 Å². The summed E-state index contributed by atoms with van der Waals surface area (Å²) in [4.78, 5) is 19.6. The second kappa shape index (κ2) is 7.50. The molecule has 11 heteroatoms. The number of ether oxygens (including phenoxy) is 1. The number of fused-ring (bicyclic) bond motifs is 9. The van der Waals surface area contributed by atoms with E-state index in [0.717, 1.165) is 16.6 Å². The van der Waals surface area contributed by atoms with Crippen LogP contribution in [-0.4, -0.2) is 44.2 Å². The molecule has 2 bridgehead atoms. The molecule has 2 aliphatic rings. The van der Waals surface area contributed by atoms with Crippen LogP contribution >= 0.6 is 11.3 Å². The minimum Gasteiger partial charge on any atom is -0.434 e. The van der Waals surface area contributed by atoms with E-state index in [0.29, 0.717) is 33.5 Å². The monoisotopic (exact) mass is 478 g/mol.